The van der Waals surface area contributed by atoms with Crippen LogP contribution in [0.1, 0.15) is 6.92 Å². The minimum Gasteiger partial charge on any atom is -0.480 e. The molecule has 1 aromatic rings. The Morgan fingerprint density at radius 1 is 1.60 bits per heavy atom. The predicted molar refractivity (Wildman–Crippen MR) is 61.8 cm³/mol. The Kier molecular flexibility index (Phi) is 2.80. The first-order valence-corrected chi connectivity index (χ1v) is 5.79. The van der Waals surface area contributed by atoms with Gasteiger partial charge in [0, 0.05) is 21.6 Å². The smallest absolute Gasteiger partial charge is 0.319 e. The molecule has 0 aliphatic carbocycles. The molecule has 3 nitrogen and oxygen atoms in total. The van der Waals surface area contributed by atoms with Crippen LogP contribution in [0.15, 0.2) is 23.1 Å². The van der Waals surface area contributed by atoms with Crippen LogP contribution in [-0.2, 0) is 4.79 Å². The molecule has 2 rings (SSSR count). The molecule has 0 spiro atoms. The molecule has 2 unspecified atom stereocenters. The fourth-order valence-electron chi connectivity index (χ4n) is 1.54. The van der Waals surface area contributed by atoms with Crippen LogP contribution in [0.3, 0.4) is 0 Å². The highest BCUT2D eigenvalue weighted by Crippen LogP contribution is 2.38. The van der Waals surface area contributed by atoms with Crippen LogP contribution in [-0.4, -0.2) is 22.4 Å². The first kappa shape index (κ1) is 10.6. The summed E-state index contributed by atoms with van der Waals surface area (Å²) < 4.78 is 0. The average molecular weight is 244 g/mol. The summed E-state index contributed by atoms with van der Waals surface area (Å²) in [6.07, 6.45) is 0. The van der Waals surface area contributed by atoms with Crippen molar-refractivity contribution in [3.8, 4) is 0 Å². The molecule has 0 saturated carbocycles. The fourth-order valence-corrected chi connectivity index (χ4v) is 2.75. The second-order valence-corrected chi connectivity index (χ2v) is 5.07. The Labute approximate surface area is 96.8 Å². The lowest BCUT2D eigenvalue weighted by molar-refractivity contribution is -0.136. The first-order chi connectivity index (χ1) is 7.08. The zero-order valence-corrected chi connectivity index (χ0v) is 9.60. The van der Waals surface area contributed by atoms with E-state index >= 15 is 0 Å². The number of carboxylic acids is 1. The molecule has 0 fully saturated rings. The van der Waals surface area contributed by atoms with Crippen LogP contribution in [0.5, 0.6) is 0 Å². The van der Waals surface area contributed by atoms with E-state index in [0.717, 1.165) is 10.6 Å². The number of halogens is 1. The van der Waals surface area contributed by atoms with E-state index in [1.54, 1.807) is 6.07 Å². The highest BCUT2D eigenvalue weighted by molar-refractivity contribution is 8.00. The van der Waals surface area contributed by atoms with Crippen molar-refractivity contribution in [3.05, 3.63) is 23.2 Å². The molecule has 1 aliphatic rings. The molecule has 0 bridgehead atoms. The maximum absolute atomic E-state index is 11.0. The van der Waals surface area contributed by atoms with Crippen molar-refractivity contribution in [2.75, 3.05) is 5.32 Å². The van der Waals surface area contributed by atoms with E-state index in [-0.39, 0.29) is 6.04 Å². The lowest BCUT2D eigenvalue weighted by Crippen LogP contribution is -2.37. The molecular weight excluding hydrogens is 234 g/mol. The summed E-state index contributed by atoms with van der Waals surface area (Å²) in [7, 11) is 0. The normalized spacial score (nSPS) is 24.1. The van der Waals surface area contributed by atoms with Crippen LogP contribution in [0.2, 0.25) is 5.02 Å². The van der Waals surface area contributed by atoms with Crippen LogP contribution in [0.4, 0.5) is 5.69 Å². The van der Waals surface area contributed by atoms with Crippen molar-refractivity contribution >= 4 is 35.0 Å². The van der Waals surface area contributed by atoms with Gasteiger partial charge in [-0.25, -0.2) is 0 Å². The van der Waals surface area contributed by atoms with E-state index in [9.17, 15) is 4.79 Å². The van der Waals surface area contributed by atoms with Gasteiger partial charge in [-0.3, -0.25) is 4.79 Å². The molecule has 1 aromatic carbocycles. The lowest BCUT2D eigenvalue weighted by Gasteiger charge is -2.29. The van der Waals surface area contributed by atoms with Crippen LogP contribution < -0.4 is 5.32 Å². The zero-order chi connectivity index (χ0) is 11.0. The summed E-state index contributed by atoms with van der Waals surface area (Å²) >= 11 is 7.22. The quantitative estimate of drug-likeness (QED) is 0.796. The number of rotatable bonds is 1. The second kappa shape index (κ2) is 3.94. The van der Waals surface area contributed by atoms with Gasteiger partial charge >= 0.3 is 5.97 Å². The number of benzene rings is 1. The Balaban J connectivity index is 2.33. The molecule has 2 atom stereocenters. The Morgan fingerprint density at radius 3 is 3.00 bits per heavy atom. The number of thioether (sulfide) groups is 1. The van der Waals surface area contributed by atoms with E-state index in [4.69, 9.17) is 16.7 Å². The molecular formula is C10H10ClNO2S. The number of nitrogens with one attached hydrogen (secondary N) is 1. The van der Waals surface area contributed by atoms with Crippen molar-refractivity contribution in [1.29, 1.82) is 0 Å². The number of hydrogen-bond acceptors (Lipinski definition) is 3. The van der Waals surface area contributed by atoms with Crippen molar-refractivity contribution in [2.24, 2.45) is 0 Å². The third-order valence-electron chi connectivity index (χ3n) is 2.28. The summed E-state index contributed by atoms with van der Waals surface area (Å²) in [5.74, 6) is -0.791. The summed E-state index contributed by atoms with van der Waals surface area (Å²) in [5.41, 5.74) is 0.914. The zero-order valence-electron chi connectivity index (χ0n) is 8.03. The van der Waals surface area contributed by atoms with Gasteiger partial charge in [0.2, 0.25) is 0 Å². The third-order valence-corrected chi connectivity index (χ3v) is 3.99. The maximum Gasteiger partial charge on any atom is 0.319 e. The maximum atomic E-state index is 11.0. The molecule has 0 saturated heterocycles. The van der Waals surface area contributed by atoms with E-state index in [0.29, 0.717) is 5.02 Å². The van der Waals surface area contributed by atoms with Crippen molar-refractivity contribution < 1.29 is 9.90 Å². The third kappa shape index (κ3) is 2.06. The molecule has 2 N–H and O–H groups in total. The van der Waals surface area contributed by atoms with Crippen LogP contribution in [0.25, 0.3) is 0 Å². The molecule has 0 amide bonds. The molecule has 80 valence electrons. The van der Waals surface area contributed by atoms with E-state index in [1.807, 2.05) is 19.1 Å². The number of anilines is 1. The largest absolute Gasteiger partial charge is 0.480 e. The molecule has 5 heteroatoms. The summed E-state index contributed by atoms with van der Waals surface area (Å²) in [6.45, 7) is 1.86. The minimum atomic E-state index is -0.791. The summed E-state index contributed by atoms with van der Waals surface area (Å²) in [5, 5.41) is 12.4. The minimum absolute atomic E-state index is 0.0986. The van der Waals surface area contributed by atoms with E-state index < -0.39 is 11.2 Å². The molecule has 15 heavy (non-hydrogen) atoms. The molecule has 1 aliphatic heterocycles. The standard InChI is InChI=1S/C10H10ClNO2S/c1-5-9(10(13)14)15-8-3-2-6(11)4-7(8)12-5/h2-5,9,12H,1H3,(H,13,14). The van der Waals surface area contributed by atoms with Gasteiger partial charge in [-0.05, 0) is 25.1 Å². The summed E-state index contributed by atoms with van der Waals surface area (Å²) in [6, 6.07) is 5.33. The van der Waals surface area contributed by atoms with Crippen molar-refractivity contribution in [1.82, 2.24) is 0 Å². The van der Waals surface area contributed by atoms with Crippen molar-refractivity contribution in [2.45, 2.75) is 23.1 Å². The highest BCUT2D eigenvalue weighted by atomic mass is 35.5. The first-order valence-electron chi connectivity index (χ1n) is 4.53. The van der Waals surface area contributed by atoms with Gasteiger partial charge in [0.05, 0.1) is 0 Å². The topological polar surface area (TPSA) is 49.3 Å². The number of hydrogen-bond donors (Lipinski definition) is 2. The lowest BCUT2D eigenvalue weighted by atomic mass is 10.2. The van der Waals surface area contributed by atoms with Gasteiger partial charge in [-0.2, -0.15) is 0 Å². The van der Waals surface area contributed by atoms with Gasteiger partial charge in [-0.1, -0.05) is 11.6 Å². The fraction of sp³-hybridized carbons (Fsp3) is 0.300. The summed E-state index contributed by atoms with van der Waals surface area (Å²) in [4.78, 5) is 11.9. The van der Waals surface area contributed by atoms with Crippen LogP contribution >= 0.6 is 23.4 Å². The van der Waals surface area contributed by atoms with E-state index in [1.165, 1.54) is 11.8 Å². The van der Waals surface area contributed by atoms with Gasteiger partial charge in [0.15, 0.2) is 0 Å². The number of carbonyl (C=O) groups is 1. The van der Waals surface area contributed by atoms with Gasteiger partial charge < -0.3 is 10.4 Å². The monoisotopic (exact) mass is 243 g/mol. The number of fused-ring (bicyclic) bond motifs is 1. The van der Waals surface area contributed by atoms with Gasteiger partial charge in [-0.15, -0.1) is 11.8 Å². The molecule has 0 aromatic heterocycles. The van der Waals surface area contributed by atoms with Crippen molar-refractivity contribution in [3.63, 3.8) is 0 Å². The Bertz CT molecular complexity index is 410. The average Bonchev–Trinajstić information content (AvgIpc) is 2.15. The Morgan fingerprint density at radius 2 is 2.33 bits per heavy atom. The Hall–Kier alpha value is -0.870. The second-order valence-electron chi connectivity index (χ2n) is 3.45. The predicted octanol–water partition coefficient (Wildman–Crippen LogP) is 2.70. The van der Waals surface area contributed by atoms with Crippen LogP contribution in [0, 0.1) is 0 Å². The van der Waals surface area contributed by atoms with E-state index in [2.05, 4.69) is 5.32 Å². The highest BCUT2D eigenvalue weighted by Gasteiger charge is 2.31. The number of aliphatic carboxylic acids is 1. The molecule has 1 heterocycles. The molecule has 0 radical (unpaired) electrons. The van der Waals surface area contributed by atoms with Gasteiger partial charge in [0.25, 0.3) is 0 Å². The number of carboxylic acid groups (broad SMARTS) is 1. The van der Waals surface area contributed by atoms with Gasteiger partial charge in [0.1, 0.15) is 5.25 Å². The SMILES string of the molecule is CC1Nc2cc(Cl)ccc2SC1C(=O)O.